The number of hydrogen-bond acceptors (Lipinski definition) is 4. The average Bonchev–Trinajstić information content (AvgIpc) is 2.99. The number of rotatable bonds is 4. The Morgan fingerprint density at radius 2 is 2.17 bits per heavy atom. The quantitative estimate of drug-likeness (QED) is 0.795. The van der Waals surface area contributed by atoms with Crippen LogP contribution in [-0.4, -0.2) is 20.6 Å². The van der Waals surface area contributed by atoms with Crippen molar-refractivity contribution in [3.63, 3.8) is 0 Å². The van der Waals surface area contributed by atoms with Gasteiger partial charge >= 0.3 is 0 Å². The summed E-state index contributed by atoms with van der Waals surface area (Å²) in [4.78, 5) is 16.6. The largest absolute Gasteiger partial charge is 0.361 e. The van der Waals surface area contributed by atoms with Crippen LogP contribution >= 0.6 is 0 Å². The third kappa shape index (κ3) is 2.89. The molecule has 0 spiro atoms. The van der Waals surface area contributed by atoms with Gasteiger partial charge in [0.15, 0.2) is 0 Å². The van der Waals surface area contributed by atoms with Gasteiger partial charge in [0.25, 0.3) is 0 Å². The highest BCUT2D eigenvalue weighted by Gasteiger charge is 2.20. The number of aromatic nitrogens is 3. The summed E-state index contributed by atoms with van der Waals surface area (Å²) in [6.07, 6.45) is 0.278. The fourth-order valence-corrected chi connectivity index (χ4v) is 3.03. The Hall–Kier alpha value is -2.70. The van der Waals surface area contributed by atoms with E-state index in [0.29, 0.717) is 11.5 Å². The zero-order valence-corrected chi connectivity index (χ0v) is 14.1. The number of imidazole rings is 1. The number of carbonyl (C=O) groups is 1. The van der Waals surface area contributed by atoms with Gasteiger partial charge in [0.2, 0.25) is 11.9 Å². The molecule has 0 saturated heterocycles. The smallest absolute Gasteiger partial charge is 0.227 e. The van der Waals surface area contributed by atoms with Crippen molar-refractivity contribution in [2.24, 2.45) is 7.05 Å². The summed E-state index contributed by atoms with van der Waals surface area (Å²) in [6.45, 7) is 5.65. The molecule has 2 aromatic heterocycles. The lowest BCUT2D eigenvalue weighted by Crippen LogP contribution is -2.17. The van der Waals surface area contributed by atoms with Crippen LogP contribution in [0.15, 0.2) is 22.7 Å². The monoisotopic (exact) mass is 330 g/mol. The number of benzene rings is 1. The van der Waals surface area contributed by atoms with Crippen LogP contribution in [-0.2, 0) is 11.8 Å². The standard InChI is InChI=1S/C17H19FN4O2/c1-9(16-10(2)21-24-11(16)3)7-15(23)20-17-19-13-8-12(18)5-6-14(13)22(17)4/h5-6,8-9H,7H2,1-4H3,(H,19,20,23). The summed E-state index contributed by atoms with van der Waals surface area (Å²) >= 11 is 0. The third-order valence-corrected chi connectivity index (χ3v) is 4.17. The van der Waals surface area contributed by atoms with Crippen molar-refractivity contribution in [3.05, 3.63) is 41.0 Å². The van der Waals surface area contributed by atoms with E-state index in [1.54, 1.807) is 17.7 Å². The number of carbonyl (C=O) groups excluding carboxylic acids is 1. The lowest BCUT2D eigenvalue weighted by Gasteiger charge is -2.11. The van der Waals surface area contributed by atoms with E-state index < -0.39 is 0 Å². The van der Waals surface area contributed by atoms with Crippen molar-refractivity contribution in [1.29, 1.82) is 0 Å². The molecule has 2 heterocycles. The van der Waals surface area contributed by atoms with Crippen molar-refractivity contribution in [3.8, 4) is 0 Å². The van der Waals surface area contributed by atoms with Gasteiger partial charge in [0.05, 0.1) is 16.7 Å². The Bertz CT molecular complexity index is 893. The van der Waals surface area contributed by atoms with Crippen LogP contribution in [0.1, 0.15) is 36.3 Å². The summed E-state index contributed by atoms with van der Waals surface area (Å²) in [5, 5.41) is 6.71. The Balaban J connectivity index is 1.77. The summed E-state index contributed by atoms with van der Waals surface area (Å²) in [6, 6.07) is 4.35. The highest BCUT2D eigenvalue weighted by molar-refractivity contribution is 5.92. The van der Waals surface area contributed by atoms with E-state index in [-0.39, 0.29) is 24.1 Å². The molecule has 0 bridgehead atoms. The van der Waals surface area contributed by atoms with Crippen LogP contribution in [0.5, 0.6) is 0 Å². The number of nitrogens with one attached hydrogen (secondary N) is 1. The first-order chi connectivity index (χ1) is 11.4. The Morgan fingerprint density at radius 1 is 1.42 bits per heavy atom. The van der Waals surface area contributed by atoms with Gasteiger partial charge < -0.3 is 9.09 Å². The maximum atomic E-state index is 13.3. The molecule has 1 amide bonds. The summed E-state index contributed by atoms with van der Waals surface area (Å²) in [5.41, 5.74) is 3.01. The van der Waals surface area contributed by atoms with Crippen molar-refractivity contribution < 1.29 is 13.7 Å². The lowest BCUT2D eigenvalue weighted by atomic mass is 9.96. The third-order valence-electron chi connectivity index (χ3n) is 4.17. The molecule has 0 saturated carbocycles. The lowest BCUT2D eigenvalue weighted by molar-refractivity contribution is -0.116. The fourth-order valence-electron chi connectivity index (χ4n) is 3.03. The van der Waals surface area contributed by atoms with Crippen molar-refractivity contribution in [1.82, 2.24) is 14.7 Å². The van der Waals surface area contributed by atoms with Gasteiger partial charge in [-0.15, -0.1) is 0 Å². The zero-order chi connectivity index (χ0) is 17.4. The number of anilines is 1. The number of hydrogen-bond donors (Lipinski definition) is 1. The number of fused-ring (bicyclic) bond motifs is 1. The number of aryl methyl sites for hydroxylation is 3. The van der Waals surface area contributed by atoms with Crippen molar-refractivity contribution in [2.45, 2.75) is 33.1 Å². The maximum absolute atomic E-state index is 13.3. The van der Waals surface area contributed by atoms with Gasteiger partial charge in [-0.3, -0.25) is 10.1 Å². The average molecular weight is 330 g/mol. The number of nitrogens with zero attached hydrogens (tertiary/aromatic N) is 3. The molecule has 1 N–H and O–H groups in total. The Labute approximate surface area is 138 Å². The second-order valence-electron chi connectivity index (χ2n) is 6.02. The van der Waals surface area contributed by atoms with E-state index in [0.717, 1.165) is 22.5 Å². The van der Waals surface area contributed by atoms with Crippen LogP contribution in [0.2, 0.25) is 0 Å². The van der Waals surface area contributed by atoms with Crippen molar-refractivity contribution in [2.75, 3.05) is 5.32 Å². The van der Waals surface area contributed by atoms with Gasteiger partial charge in [-0.2, -0.15) is 0 Å². The van der Waals surface area contributed by atoms with Crippen LogP contribution in [0, 0.1) is 19.7 Å². The van der Waals surface area contributed by atoms with Gasteiger partial charge in [0, 0.05) is 25.1 Å². The van der Waals surface area contributed by atoms with Crippen molar-refractivity contribution >= 4 is 22.9 Å². The van der Waals surface area contributed by atoms with Crippen LogP contribution < -0.4 is 5.32 Å². The molecule has 0 aliphatic heterocycles. The fraction of sp³-hybridized carbons (Fsp3) is 0.353. The Kier molecular flexibility index (Phi) is 4.09. The van der Waals surface area contributed by atoms with E-state index in [1.807, 2.05) is 20.8 Å². The predicted molar refractivity (Wildman–Crippen MR) is 88.3 cm³/mol. The highest BCUT2D eigenvalue weighted by atomic mass is 19.1. The molecule has 1 atom stereocenters. The summed E-state index contributed by atoms with van der Waals surface area (Å²) in [7, 11) is 1.78. The molecule has 3 aromatic rings. The van der Waals surface area contributed by atoms with Crippen LogP contribution in [0.25, 0.3) is 11.0 Å². The van der Waals surface area contributed by atoms with Gasteiger partial charge in [-0.25, -0.2) is 9.37 Å². The molecule has 1 unspecified atom stereocenters. The second kappa shape index (κ2) is 6.07. The number of amides is 1. The van der Waals surface area contributed by atoms with E-state index >= 15 is 0 Å². The number of halogens is 1. The Morgan fingerprint density at radius 3 is 2.83 bits per heavy atom. The minimum absolute atomic E-state index is 0.0246. The van der Waals surface area contributed by atoms with E-state index in [1.165, 1.54) is 12.1 Å². The normalized spacial score (nSPS) is 12.5. The molecule has 1 aromatic carbocycles. The van der Waals surface area contributed by atoms with E-state index in [9.17, 15) is 9.18 Å². The molecular weight excluding hydrogens is 311 g/mol. The van der Waals surface area contributed by atoms with E-state index in [4.69, 9.17) is 4.52 Å². The molecule has 3 rings (SSSR count). The van der Waals surface area contributed by atoms with Gasteiger partial charge in [0.1, 0.15) is 11.6 Å². The minimum Gasteiger partial charge on any atom is -0.361 e. The second-order valence-corrected chi connectivity index (χ2v) is 6.02. The maximum Gasteiger partial charge on any atom is 0.227 e. The molecule has 126 valence electrons. The SMILES string of the molecule is Cc1noc(C)c1C(C)CC(=O)Nc1nc2cc(F)ccc2n1C. The van der Waals surface area contributed by atoms with E-state index in [2.05, 4.69) is 15.5 Å². The van der Waals surface area contributed by atoms with Gasteiger partial charge in [-0.1, -0.05) is 12.1 Å². The molecule has 0 aliphatic rings. The molecule has 7 heteroatoms. The summed E-state index contributed by atoms with van der Waals surface area (Å²) < 4.78 is 20.2. The first-order valence-electron chi connectivity index (χ1n) is 7.71. The minimum atomic E-state index is -0.356. The topological polar surface area (TPSA) is 73.0 Å². The molecule has 6 nitrogen and oxygen atoms in total. The molecular formula is C17H19FN4O2. The zero-order valence-electron chi connectivity index (χ0n) is 14.1. The first kappa shape index (κ1) is 16.2. The van der Waals surface area contributed by atoms with Crippen LogP contribution in [0.3, 0.4) is 0 Å². The van der Waals surface area contributed by atoms with Crippen LogP contribution in [0.4, 0.5) is 10.3 Å². The molecule has 0 aliphatic carbocycles. The van der Waals surface area contributed by atoms with Gasteiger partial charge in [-0.05, 0) is 31.9 Å². The first-order valence-corrected chi connectivity index (χ1v) is 7.71. The molecule has 24 heavy (non-hydrogen) atoms. The summed E-state index contributed by atoms with van der Waals surface area (Å²) in [5.74, 6) is 0.577. The molecule has 0 fully saturated rings. The predicted octanol–water partition coefficient (Wildman–Crippen LogP) is 3.45. The molecule has 0 radical (unpaired) electrons. The highest BCUT2D eigenvalue weighted by Crippen LogP contribution is 2.26.